The van der Waals surface area contributed by atoms with E-state index < -0.39 is 5.97 Å². The largest absolute Gasteiger partial charge is 0.462 e. The van der Waals surface area contributed by atoms with Crippen molar-refractivity contribution in [1.82, 2.24) is 4.98 Å². The zero-order valence-corrected chi connectivity index (χ0v) is 9.08. The van der Waals surface area contributed by atoms with E-state index in [0.29, 0.717) is 5.22 Å². The van der Waals surface area contributed by atoms with Gasteiger partial charge in [0, 0.05) is 16.8 Å². The summed E-state index contributed by atoms with van der Waals surface area (Å²) in [5, 5.41) is 1.38. The van der Waals surface area contributed by atoms with E-state index >= 15 is 0 Å². The minimum absolute atomic E-state index is 0.0761. The molecule has 4 nitrogen and oxygen atoms in total. The Kier molecular flexibility index (Phi) is 2.90. The molecule has 0 amide bonds. The molecule has 0 bridgehead atoms. The molecule has 0 aromatic carbocycles. The Bertz CT molecular complexity index is 583. The monoisotopic (exact) mass is 219 g/mol. The molecule has 84 valence electrons. The van der Waals surface area contributed by atoms with Gasteiger partial charge in [0.05, 0.1) is 6.61 Å². The van der Waals surface area contributed by atoms with Gasteiger partial charge >= 0.3 is 5.97 Å². The predicted molar refractivity (Wildman–Crippen MR) is 60.4 cm³/mol. The van der Waals surface area contributed by atoms with Gasteiger partial charge < -0.3 is 9.72 Å². The molecule has 0 saturated heterocycles. The number of hydrogen-bond donors (Lipinski definition) is 1. The van der Waals surface area contributed by atoms with Crippen molar-refractivity contribution in [3.8, 4) is 0 Å². The predicted octanol–water partition coefficient (Wildman–Crippen LogP) is -0.0936. The van der Waals surface area contributed by atoms with E-state index in [9.17, 15) is 9.59 Å². The minimum atomic E-state index is -0.564. The zero-order valence-electron chi connectivity index (χ0n) is 9.08. The first kappa shape index (κ1) is 10.7. The van der Waals surface area contributed by atoms with Gasteiger partial charge in [-0.2, -0.15) is 0 Å². The SMILES string of the molecule is CCOC(=O)c1c[nH]c2c(c1=O)=CCCC=2. The van der Waals surface area contributed by atoms with E-state index in [1.165, 1.54) is 6.20 Å². The van der Waals surface area contributed by atoms with Crippen LogP contribution in [-0.4, -0.2) is 17.6 Å². The van der Waals surface area contributed by atoms with Crippen LogP contribution >= 0.6 is 0 Å². The van der Waals surface area contributed by atoms with Gasteiger partial charge in [-0.25, -0.2) is 4.79 Å². The molecule has 4 heteroatoms. The summed E-state index contributed by atoms with van der Waals surface area (Å²) >= 11 is 0. The molecule has 1 aromatic heterocycles. The molecule has 0 radical (unpaired) electrons. The molecule has 0 saturated carbocycles. The summed E-state index contributed by atoms with van der Waals surface area (Å²) in [6, 6.07) is 0. The molecule has 1 heterocycles. The van der Waals surface area contributed by atoms with Gasteiger partial charge in [0.2, 0.25) is 5.43 Å². The molecule has 1 N–H and O–H groups in total. The topological polar surface area (TPSA) is 59.2 Å². The number of esters is 1. The lowest BCUT2D eigenvalue weighted by molar-refractivity contribution is 0.0524. The summed E-state index contributed by atoms with van der Waals surface area (Å²) in [7, 11) is 0. The maximum atomic E-state index is 12.0. The minimum Gasteiger partial charge on any atom is -0.462 e. The van der Waals surface area contributed by atoms with Crippen molar-refractivity contribution in [2.45, 2.75) is 19.8 Å². The number of aromatic amines is 1. The van der Waals surface area contributed by atoms with Crippen LogP contribution in [0.4, 0.5) is 0 Å². The summed E-state index contributed by atoms with van der Waals surface area (Å²) in [4.78, 5) is 26.4. The van der Waals surface area contributed by atoms with Crippen molar-refractivity contribution >= 4 is 18.1 Å². The van der Waals surface area contributed by atoms with Crippen molar-refractivity contribution in [3.05, 3.63) is 32.6 Å². The van der Waals surface area contributed by atoms with E-state index in [-0.39, 0.29) is 17.6 Å². The number of hydrogen-bond acceptors (Lipinski definition) is 3. The molecule has 16 heavy (non-hydrogen) atoms. The highest BCUT2D eigenvalue weighted by molar-refractivity contribution is 5.88. The van der Waals surface area contributed by atoms with Gasteiger partial charge in [-0.15, -0.1) is 0 Å². The lowest BCUT2D eigenvalue weighted by Crippen LogP contribution is -2.44. The first-order valence-corrected chi connectivity index (χ1v) is 5.33. The van der Waals surface area contributed by atoms with E-state index in [1.54, 1.807) is 6.92 Å². The molecule has 0 fully saturated rings. The van der Waals surface area contributed by atoms with Crippen LogP contribution in [0.5, 0.6) is 0 Å². The maximum Gasteiger partial charge on any atom is 0.343 e. The standard InChI is InChI=1S/C12H13NO3/c1-2-16-12(15)9-7-13-10-6-4-3-5-8(10)11(9)14/h5-7,13H,2-4H2,1H3. The van der Waals surface area contributed by atoms with Crippen LogP contribution < -0.4 is 16.0 Å². The number of H-pyrrole nitrogens is 1. The fourth-order valence-electron chi connectivity index (χ4n) is 1.75. The number of carbonyl (C=O) groups is 1. The van der Waals surface area contributed by atoms with Crippen molar-refractivity contribution in [2.24, 2.45) is 0 Å². The number of pyridine rings is 1. The molecule has 0 unspecified atom stereocenters. The number of nitrogens with one attached hydrogen (secondary N) is 1. The summed E-state index contributed by atoms with van der Waals surface area (Å²) in [6.07, 6.45) is 7.00. The summed E-state index contributed by atoms with van der Waals surface area (Å²) in [6.45, 7) is 1.98. The highest BCUT2D eigenvalue weighted by Crippen LogP contribution is 1.94. The average molecular weight is 219 g/mol. The summed E-state index contributed by atoms with van der Waals surface area (Å²) in [5.74, 6) is -0.564. The number of aromatic nitrogens is 1. The first-order chi connectivity index (χ1) is 7.74. The van der Waals surface area contributed by atoms with E-state index in [4.69, 9.17) is 4.74 Å². The Labute approximate surface area is 92.3 Å². The van der Waals surface area contributed by atoms with Gasteiger partial charge in [0.25, 0.3) is 0 Å². The molecule has 0 spiro atoms. The van der Waals surface area contributed by atoms with Crippen LogP contribution in [0, 0.1) is 0 Å². The smallest absolute Gasteiger partial charge is 0.343 e. The molecule has 2 rings (SSSR count). The third-order valence-corrected chi connectivity index (χ3v) is 2.51. The number of carbonyl (C=O) groups excluding carboxylic acids is 1. The second kappa shape index (κ2) is 4.35. The Morgan fingerprint density at radius 2 is 2.19 bits per heavy atom. The number of ether oxygens (including phenoxy) is 1. The third-order valence-electron chi connectivity index (χ3n) is 2.51. The third kappa shape index (κ3) is 1.78. The molecule has 1 aromatic rings. The molecule has 0 atom stereocenters. The van der Waals surface area contributed by atoms with Crippen molar-refractivity contribution < 1.29 is 9.53 Å². The number of fused-ring (bicyclic) bond motifs is 1. The molecular formula is C12H13NO3. The van der Waals surface area contributed by atoms with E-state index in [1.807, 2.05) is 12.2 Å². The van der Waals surface area contributed by atoms with Crippen LogP contribution in [-0.2, 0) is 4.74 Å². The number of rotatable bonds is 2. The Morgan fingerprint density at radius 1 is 1.44 bits per heavy atom. The van der Waals surface area contributed by atoms with Crippen LogP contribution in [0.3, 0.4) is 0 Å². The van der Waals surface area contributed by atoms with Gasteiger partial charge in [-0.1, -0.05) is 12.2 Å². The van der Waals surface area contributed by atoms with Crippen molar-refractivity contribution in [2.75, 3.05) is 6.61 Å². The first-order valence-electron chi connectivity index (χ1n) is 5.33. The fourth-order valence-corrected chi connectivity index (χ4v) is 1.75. The van der Waals surface area contributed by atoms with E-state index in [0.717, 1.165) is 18.2 Å². The molecule has 1 aliphatic carbocycles. The fraction of sp³-hybridized carbons (Fsp3) is 0.333. The van der Waals surface area contributed by atoms with Crippen LogP contribution in [0.1, 0.15) is 30.1 Å². The average Bonchev–Trinajstić information content (AvgIpc) is 2.30. The van der Waals surface area contributed by atoms with E-state index in [2.05, 4.69) is 4.98 Å². The normalized spacial score (nSPS) is 13.3. The molecule has 0 aliphatic heterocycles. The van der Waals surface area contributed by atoms with Gasteiger partial charge in [-0.05, 0) is 19.8 Å². The molecule has 1 aliphatic rings. The van der Waals surface area contributed by atoms with Crippen molar-refractivity contribution in [1.29, 1.82) is 0 Å². The lowest BCUT2D eigenvalue weighted by Gasteiger charge is -2.03. The maximum absolute atomic E-state index is 12.0. The Balaban J connectivity index is 2.60. The lowest BCUT2D eigenvalue weighted by atomic mass is 10.1. The van der Waals surface area contributed by atoms with Crippen LogP contribution in [0.2, 0.25) is 0 Å². The van der Waals surface area contributed by atoms with Crippen LogP contribution in [0.25, 0.3) is 12.2 Å². The second-order valence-electron chi connectivity index (χ2n) is 3.56. The molecular weight excluding hydrogens is 206 g/mol. The highest BCUT2D eigenvalue weighted by Gasteiger charge is 2.12. The Hall–Kier alpha value is -1.84. The van der Waals surface area contributed by atoms with Gasteiger partial charge in [0.1, 0.15) is 5.56 Å². The van der Waals surface area contributed by atoms with Gasteiger partial charge in [0.15, 0.2) is 0 Å². The zero-order chi connectivity index (χ0) is 11.5. The van der Waals surface area contributed by atoms with Gasteiger partial charge in [-0.3, -0.25) is 4.79 Å². The highest BCUT2D eigenvalue weighted by atomic mass is 16.5. The van der Waals surface area contributed by atoms with Crippen molar-refractivity contribution in [3.63, 3.8) is 0 Å². The quantitative estimate of drug-likeness (QED) is 0.707. The second-order valence-corrected chi connectivity index (χ2v) is 3.56. The summed E-state index contributed by atoms with van der Waals surface area (Å²) < 4.78 is 4.82. The summed E-state index contributed by atoms with van der Waals surface area (Å²) in [5.41, 5.74) is -0.171. The van der Waals surface area contributed by atoms with Crippen LogP contribution in [0.15, 0.2) is 11.0 Å². The Morgan fingerprint density at radius 3 is 2.94 bits per heavy atom.